The van der Waals surface area contributed by atoms with E-state index in [1.807, 2.05) is 54.6 Å². The first kappa shape index (κ1) is 23.0. The van der Waals surface area contributed by atoms with Gasteiger partial charge in [0.25, 0.3) is 5.91 Å². The number of anilines is 1. The lowest BCUT2D eigenvalue weighted by Gasteiger charge is -2.23. The van der Waals surface area contributed by atoms with Gasteiger partial charge in [-0.25, -0.2) is 0 Å². The van der Waals surface area contributed by atoms with E-state index in [0.717, 1.165) is 16.5 Å². The number of carbonyl (C=O) groups is 2. The Bertz CT molecular complexity index is 1370. The highest BCUT2D eigenvalue weighted by Gasteiger charge is 2.31. The molecule has 1 aliphatic heterocycles. The Kier molecular flexibility index (Phi) is 6.44. The summed E-state index contributed by atoms with van der Waals surface area (Å²) in [4.78, 5) is 30.0. The molecule has 0 bridgehead atoms. The van der Waals surface area contributed by atoms with Crippen molar-refractivity contribution in [3.05, 3.63) is 94.7 Å². The molecule has 3 aromatic carbocycles. The third kappa shape index (κ3) is 4.73. The summed E-state index contributed by atoms with van der Waals surface area (Å²) < 4.78 is 11.3. The van der Waals surface area contributed by atoms with Gasteiger partial charge in [0.2, 0.25) is 5.91 Å². The zero-order chi connectivity index (χ0) is 24.4. The molecule has 0 saturated carbocycles. The average Bonchev–Trinajstić information content (AvgIpc) is 3.22. The molecule has 2 amide bonds. The van der Waals surface area contributed by atoms with E-state index in [9.17, 15) is 9.59 Å². The number of benzene rings is 3. The van der Waals surface area contributed by atoms with Crippen molar-refractivity contribution in [1.29, 1.82) is 0 Å². The van der Waals surface area contributed by atoms with Gasteiger partial charge in [0.05, 0.1) is 23.7 Å². The molecule has 0 unspecified atom stereocenters. The van der Waals surface area contributed by atoms with Crippen LogP contribution in [0.4, 0.5) is 5.69 Å². The van der Waals surface area contributed by atoms with Gasteiger partial charge in [-0.15, -0.1) is 0 Å². The van der Waals surface area contributed by atoms with Gasteiger partial charge >= 0.3 is 0 Å². The summed E-state index contributed by atoms with van der Waals surface area (Å²) in [5.74, 6) is 0.549. The topological polar surface area (TPSA) is 83.2 Å². The van der Waals surface area contributed by atoms with Crippen molar-refractivity contribution in [3.8, 4) is 5.75 Å². The first-order valence-electron chi connectivity index (χ1n) is 11.2. The summed E-state index contributed by atoms with van der Waals surface area (Å²) in [6.07, 6.45) is 0. The van der Waals surface area contributed by atoms with Gasteiger partial charge in [-0.2, -0.15) is 0 Å². The van der Waals surface area contributed by atoms with Gasteiger partial charge in [-0.1, -0.05) is 48.0 Å². The molecular formula is C27H23ClN2O5. The van der Waals surface area contributed by atoms with Crippen LogP contribution in [-0.2, 0) is 17.9 Å². The molecule has 5 rings (SSSR count). The second-order valence-electron chi connectivity index (χ2n) is 8.23. The number of furan rings is 1. The molecule has 0 aliphatic carbocycles. The van der Waals surface area contributed by atoms with E-state index < -0.39 is 0 Å². The number of hydrogen-bond donors (Lipinski definition) is 1. The lowest BCUT2D eigenvalue weighted by Crippen LogP contribution is -2.40. The second kappa shape index (κ2) is 9.82. The Labute approximate surface area is 207 Å². The largest absolute Gasteiger partial charge is 0.491 e. The van der Waals surface area contributed by atoms with Crippen LogP contribution in [0, 0.1) is 0 Å². The Morgan fingerprint density at radius 2 is 1.83 bits per heavy atom. The number of carbonyl (C=O) groups excluding carboxylic acids is 2. The first-order valence-corrected chi connectivity index (χ1v) is 11.6. The Morgan fingerprint density at radius 1 is 1.03 bits per heavy atom. The second-order valence-corrected chi connectivity index (χ2v) is 8.64. The number of nitrogens with zero attached hydrogens (tertiary/aromatic N) is 2. The third-order valence-corrected chi connectivity index (χ3v) is 6.20. The minimum absolute atomic E-state index is 0.124. The van der Waals surface area contributed by atoms with Crippen LogP contribution >= 0.6 is 11.6 Å². The van der Waals surface area contributed by atoms with Crippen molar-refractivity contribution in [2.45, 2.75) is 13.1 Å². The number of para-hydroxylation sites is 2. The molecule has 35 heavy (non-hydrogen) atoms. The molecule has 1 aliphatic rings. The van der Waals surface area contributed by atoms with Gasteiger partial charge in [0.15, 0.2) is 0 Å². The van der Waals surface area contributed by atoms with Gasteiger partial charge in [0.1, 0.15) is 30.2 Å². The van der Waals surface area contributed by atoms with Crippen molar-refractivity contribution >= 4 is 40.1 Å². The Balaban J connectivity index is 1.43. The summed E-state index contributed by atoms with van der Waals surface area (Å²) in [5, 5.41) is 10.1. The molecule has 0 fully saturated rings. The summed E-state index contributed by atoms with van der Waals surface area (Å²) in [6, 6.07) is 21.8. The number of fused-ring (bicyclic) bond motifs is 2. The smallest absolute Gasteiger partial charge is 0.260 e. The van der Waals surface area contributed by atoms with Crippen LogP contribution in [0.3, 0.4) is 0 Å². The SMILES string of the molecule is O=C1CN(C(=O)c2ccc(OCCO)cc2Cl)c2ccccc2CN1Cc1cc2ccccc2o1. The lowest BCUT2D eigenvalue weighted by atomic mass is 10.1. The fourth-order valence-corrected chi connectivity index (χ4v) is 4.47. The molecular weight excluding hydrogens is 468 g/mol. The predicted octanol–water partition coefficient (Wildman–Crippen LogP) is 4.65. The quantitative estimate of drug-likeness (QED) is 0.425. The minimum atomic E-state index is -0.380. The molecule has 178 valence electrons. The Hall–Kier alpha value is -3.81. The molecule has 0 atom stereocenters. The van der Waals surface area contributed by atoms with Gasteiger partial charge in [0, 0.05) is 17.6 Å². The van der Waals surface area contributed by atoms with Gasteiger partial charge < -0.3 is 19.2 Å². The van der Waals surface area contributed by atoms with E-state index in [1.165, 1.54) is 11.0 Å². The molecule has 2 heterocycles. The third-order valence-electron chi connectivity index (χ3n) is 5.89. The standard InChI is InChI=1S/C27H23ClN2O5/c28-23-14-20(34-12-11-31)9-10-22(23)27(33)30-17-26(32)29(15-19-6-1-3-7-24(19)30)16-21-13-18-5-2-4-8-25(18)35-21/h1-10,13-14,31H,11-12,15-17H2. The zero-order valence-corrected chi connectivity index (χ0v) is 19.6. The predicted molar refractivity (Wildman–Crippen MR) is 133 cm³/mol. The maximum absolute atomic E-state index is 13.6. The highest BCUT2D eigenvalue weighted by Crippen LogP contribution is 2.31. The monoisotopic (exact) mass is 490 g/mol. The molecule has 7 nitrogen and oxygen atoms in total. The van der Waals surface area contributed by atoms with E-state index in [4.69, 9.17) is 25.9 Å². The molecule has 0 radical (unpaired) electrons. The number of rotatable bonds is 6. The number of hydrogen-bond acceptors (Lipinski definition) is 5. The first-order chi connectivity index (χ1) is 17.0. The maximum atomic E-state index is 13.6. The van der Waals surface area contributed by atoms with E-state index >= 15 is 0 Å². The van der Waals surface area contributed by atoms with Crippen molar-refractivity contribution < 1.29 is 23.8 Å². The highest BCUT2D eigenvalue weighted by atomic mass is 35.5. The fraction of sp³-hybridized carbons (Fsp3) is 0.185. The summed E-state index contributed by atoms with van der Waals surface area (Å²) in [6.45, 7) is 0.502. The number of aliphatic hydroxyl groups excluding tert-OH is 1. The normalized spacial score (nSPS) is 13.6. The number of ether oxygens (including phenoxy) is 1. The van der Waals surface area contributed by atoms with Crippen LogP contribution in [0.15, 0.2) is 77.2 Å². The molecule has 1 N–H and O–H groups in total. The maximum Gasteiger partial charge on any atom is 0.260 e. The zero-order valence-electron chi connectivity index (χ0n) is 18.8. The molecule has 1 aromatic heterocycles. The summed E-state index contributed by atoms with van der Waals surface area (Å²) in [5.41, 5.74) is 2.54. The van der Waals surface area contributed by atoms with Crippen molar-refractivity contribution in [2.24, 2.45) is 0 Å². The van der Waals surface area contributed by atoms with E-state index in [0.29, 0.717) is 30.3 Å². The number of aliphatic hydroxyl groups is 1. The van der Waals surface area contributed by atoms with Crippen LogP contribution in [0.1, 0.15) is 21.7 Å². The summed E-state index contributed by atoms with van der Waals surface area (Å²) in [7, 11) is 0. The lowest BCUT2D eigenvalue weighted by molar-refractivity contribution is -0.130. The fourth-order valence-electron chi connectivity index (χ4n) is 4.22. The highest BCUT2D eigenvalue weighted by molar-refractivity contribution is 6.34. The summed E-state index contributed by atoms with van der Waals surface area (Å²) >= 11 is 6.40. The molecule has 0 spiro atoms. The van der Waals surface area contributed by atoms with Gasteiger partial charge in [-0.05, 0) is 42.0 Å². The van der Waals surface area contributed by atoms with Crippen molar-refractivity contribution in [1.82, 2.24) is 4.90 Å². The van der Waals surface area contributed by atoms with Crippen LogP contribution in [-0.4, -0.2) is 41.6 Å². The number of amides is 2. The van der Waals surface area contributed by atoms with Crippen LogP contribution in [0.25, 0.3) is 11.0 Å². The van der Waals surface area contributed by atoms with Crippen molar-refractivity contribution in [2.75, 3.05) is 24.7 Å². The van der Waals surface area contributed by atoms with E-state index in [-0.39, 0.29) is 42.2 Å². The van der Waals surface area contributed by atoms with E-state index in [1.54, 1.807) is 17.0 Å². The van der Waals surface area contributed by atoms with Crippen LogP contribution in [0.5, 0.6) is 5.75 Å². The molecule has 0 saturated heterocycles. The van der Waals surface area contributed by atoms with Crippen LogP contribution in [0.2, 0.25) is 5.02 Å². The molecule has 8 heteroatoms. The van der Waals surface area contributed by atoms with Crippen LogP contribution < -0.4 is 9.64 Å². The average molecular weight is 491 g/mol. The van der Waals surface area contributed by atoms with Crippen molar-refractivity contribution in [3.63, 3.8) is 0 Å². The van der Waals surface area contributed by atoms with E-state index in [2.05, 4.69) is 0 Å². The van der Waals surface area contributed by atoms with Gasteiger partial charge in [-0.3, -0.25) is 14.5 Å². The molecule has 4 aromatic rings. The number of halogens is 1. The minimum Gasteiger partial charge on any atom is -0.491 e. The Morgan fingerprint density at radius 3 is 2.63 bits per heavy atom.